The molecule has 0 bridgehead atoms. The molecule has 0 saturated carbocycles. The summed E-state index contributed by atoms with van der Waals surface area (Å²) in [4.78, 5) is 0. The van der Waals surface area contributed by atoms with Crippen molar-refractivity contribution >= 4 is 0 Å². The average Bonchev–Trinajstić information content (AvgIpc) is 2.48. The molecule has 0 aliphatic heterocycles. The molecule has 0 spiro atoms. The van der Waals surface area contributed by atoms with Gasteiger partial charge in [-0.2, -0.15) is 0 Å². The summed E-state index contributed by atoms with van der Waals surface area (Å²) < 4.78 is 19.9. The highest BCUT2D eigenvalue weighted by atomic mass is 19.1. The molecule has 1 unspecified atom stereocenters. The van der Waals surface area contributed by atoms with Gasteiger partial charge in [0.25, 0.3) is 0 Å². The maximum absolute atomic E-state index is 13.9. The number of aryl methyl sites for hydroxylation is 2. The molecule has 21 heavy (non-hydrogen) atoms. The standard InChI is InChI=1S/C18H22FNO/c1-12-9-10-13(2)18(14(12)3)21-11-17(20-4)15-7-5-6-8-16(15)19/h5-10,17,20H,11H2,1-4H3. The zero-order valence-electron chi connectivity index (χ0n) is 13.0. The Bertz CT molecular complexity index is 625. The normalized spacial score (nSPS) is 12.2. The molecule has 0 fully saturated rings. The van der Waals surface area contributed by atoms with Crippen molar-refractivity contribution in [2.24, 2.45) is 0 Å². The molecule has 1 atom stereocenters. The Hall–Kier alpha value is -1.87. The summed E-state index contributed by atoms with van der Waals surface area (Å²) in [5, 5.41) is 3.12. The zero-order chi connectivity index (χ0) is 15.4. The molecule has 0 aliphatic rings. The predicted molar refractivity (Wildman–Crippen MR) is 84.3 cm³/mol. The highest BCUT2D eigenvalue weighted by Gasteiger charge is 2.15. The van der Waals surface area contributed by atoms with Crippen LogP contribution in [-0.4, -0.2) is 13.7 Å². The van der Waals surface area contributed by atoms with Gasteiger partial charge in [-0.1, -0.05) is 30.3 Å². The van der Waals surface area contributed by atoms with E-state index < -0.39 is 0 Å². The van der Waals surface area contributed by atoms with Crippen molar-refractivity contribution in [2.75, 3.05) is 13.7 Å². The van der Waals surface area contributed by atoms with Crippen molar-refractivity contribution in [1.29, 1.82) is 0 Å². The minimum atomic E-state index is -0.210. The highest BCUT2D eigenvalue weighted by Crippen LogP contribution is 2.27. The number of ether oxygens (including phenoxy) is 1. The van der Waals surface area contributed by atoms with Crippen molar-refractivity contribution in [1.82, 2.24) is 5.32 Å². The van der Waals surface area contributed by atoms with Gasteiger partial charge in [0.15, 0.2) is 0 Å². The predicted octanol–water partition coefficient (Wildman–Crippen LogP) is 4.09. The molecule has 2 rings (SSSR count). The monoisotopic (exact) mass is 287 g/mol. The number of hydrogen-bond donors (Lipinski definition) is 1. The van der Waals surface area contributed by atoms with Gasteiger partial charge < -0.3 is 10.1 Å². The fraction of sp³-hybridized carbons (Fsp3) is 0.333. The summed E-state index contributed by atoms with van der Waals surface area (Å²) in [6.07, 6.45) is 0. The Morgan fingerprint density at radius 1 is 1.05 bits per heavy atom. The van der Waals surface area contributed by atoms with Crippen LogP contribution in [0.2, 0.25) is 0 Å². The molecule has 1 N–H and O–H groups in total. The molecular weight excluding hydrogens is 265 g/mol. The van der Waals surface area contributed by atoms with E-state index in [0.717, 1.165) is 16.9 Å². The lowest BCUT2D eigenvalue weighted by Crippen LogP contribution is -2.24. The van der Waals surface area contributed by atoms with Gasteiger partial charge in [0.05, 0.1) is 6.04 Å². The topological polar surface area (TPSA) is 21.3 Å². The summed E-state index contributed by atoms with van der Waals surface area (Å²) in [5.74, 6) is 0.685. The number of likely N-dealkylation sites (N-methyl/N-ethyl adjacent to an activating group) is 1. The van der Waals surface area contributed by atoms with Crippen LogP contribution < -0.4 is 10.1 Å². The minimum absolute atomic E-state index is 0.175. The van der Waals surface area contributed by atoms with Gasteiger partial charge in [0.2, 0.25) is 0 Å². The molecule has 2 aromatic rings. The summed E-state index contributed by atoms with van der Waals surface area (Å²) in [6.45, 7) is 6.53. The van der Waals surface area contributed by atoms with E-state index >= 15 is 0 Å². The molecule has 0 radical (unpaired) electrons. The maximum Gasteiger partial charge on any atom is 0.128 e. The molecule has 2 nitrogen and oxygen atoms in total. The van der Waals surface area contributed by atoms with E-state index in [1.54, 1.807) is 12.1 Å². The van der Waals surface area contributed by atoms with Crippen LogP contribution in [0.3, 0.4) is 0 Å². The van der Waals surface area contributed by atoms with Crippen molar-refractivity contribution in [3.05, 3.63) is 64.5 Å². The van der Waals surface area contributed by atoms with Gasteiger partial charge in [-0.3, -0.25) is 0 Å². The molecule has 0 saturated heterocycles. The fourth-order valence-corrected chi connectivity index (χ4v) is 2.40. The number of hydrogen-bond acceptors (Lipinski definition) is 2. The van der Waals surface area contributed by atoms with E-state index in [0.29, 0.717) is 12.2 Å². The average molecular weight is 287 g/mol. The lowest BCUT2D eigenvalue weighted by Gasteiger charge is -2.20. The van der Waals surface area contributed by atoms with Crippen molar-refractivity contribution in [3.63, 3.8) is 0 Å². The smallest absolute Gasteiger partial charge is 0.128 e. The van der Waals surface area contributed by atoms with Gasteiger partial charge in [-0.15, -0.1) is 0 Å². The Balaban J connectivity index is 2.19. The lowest BCUT2D eigenvalue weighted by molar-refractivity contribution is 0.266. The third-order valence-corrected chi connectivity index (χ3v) is 3.90. The number of halogens is 1. The third-order valence-electron chi connectivity index (χ3n) is 3.90. The van der Waals surface area contributed by atoms with Crippen LogP contribution in [0.25, 0.3) is 0 Å². The molecule has 0 aromatic heterocycles. The first kappa shape index (κ1) is 15.5. The van der Waals surface area contributed by atoms with Gasteiger partial charge >= 0.3 is 0 Å². The van der Waals surface area contributed by atoms with Gasteiger partial charge in [-0.25, -0.2) is 4.39 Å². The third kappa shape index (κ3) is 3.42. The Kier molecular flexibility index (Phi) is 4.97. The van der Waals surface area contributed by atoms with E-state index in [2.05, 4.69) is 31.3 Å². The highest BCUT2D eigenvalue weighted by molar-refractivity contribution is 5.44. The molecule has 0 amide bonds. The maximum atomic E-state index is 13.9. The van der Waals surface area contributed by atoms with Crippen molar-refractivity contribution in [2.45, 2.75) is 26.8 Å². The number of rotatable bonds is 5. The van der Waals surface area contributed by atoms with E-state index in [1.165, 1.54) is 11.6 Å². The van der Waals surface area contributed by atoms with Gasteiger partial charge in [0.1, 0.15) is 18.2 Å². The van der Waals surface area contributed by atoms with E-state index in [1.807, 2.05) is 20.0 Å². The van der Waals surface area contributed by atoms with Crippen LogP contribution >= 0.6 is 0 Å². The SMILES string of the molecule is CNC(COc1c(C)ccc(C)c1C)c1ccccc1F. The van der Waals surface area contributed by atoms with Gasteiger partial charge in [0, 0.05) is 5.56 Å². The first-order chi connectivity index (χ1) is 10.0. The molecular formula is C18H22FNO. The van der Waals surface area contributed by atoms with Crippen molar-refractivity contribution < 1.29 is 9.13 Å². The van der Waals surface area contributed by atoms with Crippen molar-refractivity contribution in [3.8, 4) is 5.75 Å². The minimum Gasteiger partial charge on any atom is -0.491 e. The number of nitrogens with one attached hydrogen (secondary N) is 1. The molecule has 0 aliphatic carbocycles. The second kappa shape index (κ2) is 6.72. The Labute approximate surface area is 126 Å². The van der Waals surface area contributed by atoms with Gasteiger partial charge in [-0.05, 0) is 50.6 Å². The first-order valence-electron chi connectivity index (χ1n) is 7.16. The molecule has 3 heteroatoms. The van der Waals surface area contributed by atoms with Crippen LogP contribution in [0.15, 0.2) is 36.4 Å². The summed E-state index contributed by atoms with van der Waals surface area (Å²) in [5.41, 5.74) is 4.06. The van der Waals surface area contributed by atoms with E-state index in [-0.39, 0.29) is 11.9 Å². The molecule has 112 valence electrons. The van der Waals surface area contributed by atoms with Crippen LogP contribution in [0, 0.1) is 26.6 Å². The first-order valence-corrected chi connectivity index (χ1v) is 7.16. The molecule has 0 heterocycles. The van der Waals surface area contributed by atoms with E-state index in [9.17, 15) is 4.39 Å². The second-order valence-electron chi connectivity index (χ2n) is 5.33. The lowest BCUT2D eigenvalue weighted by atomic mass is 10.0. The largest absolute Gasteiger partial charge is 0.491 e. The van der Waals surface area contributed by atoms with Crippen LogP contribution in [0.1, 0.15) is 28.3 Å². The summed E-state index contributed by atoms with van der Waals surface area (Å²) >= 11 is 0. The van der Waals surface area contributed by atoms with E-state index in [4.69, 9.17) is 4.74 Å². The second-order valence-corrected chi connectivity index (χ2v) is 5.33. The molecule has 2 aromatic carbocycles. The summed E-state index contributed by atoms with van der Waals surface area (Å²) in [6, 6.07) is 10.8. The van der Waals surface area contributed by atoms with Crippen LogP contribution in [0.4, 0.5) is 4.39 Å². The Morgan fingerprint density at radius 2 is 1.71 bits per heavy atom. The quantitative estimate of drug-likeness (QED) is 0.894. The Morgan fingerprint density at radius 3 is 2.38 bits per heavy atom. The summed E-state index contributed by atoms with van der Waals surface area (Å²) in [7, 11) is 1.82. The fourth-order valence-electron chi connectivity index (χ4n) is 2.40. The van der Waals surface area contributed by atoms with Crippen LogP contribution in [-0.2, 0) is 0 Å². The number of benzene rings is 2. The van der Waals surface area contributed by atoms with Crippen LogP contribution in [0.5, 0.6) is 5.75 Å². The zero-order valence-corrected chi connectivity index (χ0v) is 13.0.